The molecule has 2 rings (SSSR count). The zero-order chi connectivity index (χ0) is 10.7. The molecule has 4 nitrogen and oxygen atoms in total. The van der Waals surface area contributed by atoms with E-state index in [1.54, 1.807) is 6.20 Å². The summed E-state index contributed by atoms with van der Waals surface area (Å²) in [4.78, 5) is 2.47. The fraction of sp³-hybridized carbons (Fsp3) is 0.636. The van der Waals surface area contributed by atoms with Crippen molar-refractivity contribution in [3.05, 3.63) is 24.0 Å². The molecule has 1 aromatic rings. The quantitative estimate of drug-likeness (QED) is 0.771. The van der Waals surface area contributed by atoms with Crippen LogP contribution < -0.4 is 5.32 Å². The number of hydrogen-bond acceptors (Lipinski definition) is 4. The maximum absolute atomic E-state index is 4.13. The average molecular weight is 206 g/mol. The molecule has 1 aliphatic rings. The maximum Gasteiger partial charge on any atom is 0.0771 e. The van der Waals surface area contributed by atoms with Crippen molar-refractivity contribution >= 4 is 0 Å². The predicted molar refractivity (Wildman–Crippen MR) is 59.4 cm³/mol. The Balaban J connectivity index is 2.03. The number of nitrogens with zero attached hydrogens (tertiary/aromatic N) is 3. The van der Waals surface area contributed by atoms with Gasteiger partial charge >= 0.3 is 0 Å². The molecule has 82 valence electrons. The van der Waals surface area contributed by atoms with E-state index < -0.39 is 0 Å². The van der Waals surface area contributed by atoms with Gasteiger partial charge in [0.1, 0.15) is 0 Å². The van der Waals surface area contributed by atoms with Gasteiger partial charge in [0.2, 0.25) is 0 Å². The molecule has 0 bridgehead atoms. The summed E-state index contributed by atoms with van der Waals surface area (Å²) in [5.74, 6) is 0. The van der Waals surface area contributed by atoms with Crippen LogP contribution in [0, 0.1) is 0 Å². The van der Waals surface area contributed by atoms with Crippen LogP contribution in [0.15, 0.2) is 18.3 Å². The lowest BCUT2D eigenvalue weighted by molar-refractivity contribution is 0.107. The van der Waals surface area contributed by atoms with Gasteiger partial charge in [0.25, 0.3) is 0 Å². The monoisotopic (exact) mass is 206 g/mol. The molecule has 0 unspecified atom stereocenters. The first kappa shape index (κ1) is 10.5. The highest BCUT2D eigenvalue weighted by molar-refractivity contribution is 5.00. The Labute approximate surface area is 90.7 Å². The summed E-state index contributed by atoms with van der Waals surface area (Å²) in [7, 11) is 0. The summed E-state index contributed by atoms with van der Waals surface area (Å²) < 4.78 is 0. The summed E-state index contributed by atoms with van der Waals surface area (Å²) in [6, 6.07) is 5.11. The van der Waals surface area contributed by atoms with Crippen molar-refractivity contribution in [3.8, 4) is 0 Å². The van der Waals surface area contributed by atoms with Gasteiger partial charge < -0.3 is 5.32 Å². The van der Waals surface area contributed by atoms with E-state index in [-0.39, 0.29) is 0 Å². The molecule has 1 fully saturated rings. The van der Waals surface area contributed by atoms with Crippen LogP contribution in [-0.2, 0) is 6.54 Å². The van der Waals surface area contributed by atoms with Crippen LogP contribution in [0.3, 0.4) is 0 Å². The third-order valence-corrected chi connectivity index (χ3v) is 2.98. The number of hydrogen-bond donors (Lipinski definition) is 1. The number of aromatic nitrogens is 2. The third-order valence-electron chi connectivity index (χ3n) is 2.98. The molecular formula is C11H18N4. The van der Waals surface area contributed by atoms with Gasteiger partial charge in [-0.05, 0) is 26.0 Å². The largest absolute Gasteiger partial charge is 0.314 e. The van der Waals surface area contributed by atoms with Crippen molar-refractivity contribution in [3.63, 3.8) is 0 Å². The van der Waals surface area contributed by atoms with Crippen LogP contribution in [0.4, 0.5) is 0 Å². The Morgan fingerprint density at radius 3 is 2.73 bits per heavy atom. The van der Waals surface area contributed by atoms with E-state index >= 15 is 0 Å². The van der Waals surface area contributed by atoms with Crippen molar-refractivity contribution in [1.29, 1.82) is 0 Å². The summed E-state index contributed by atoms with van der Waals surface area (Å²) in [5, 5.41) is 11.5. The summed E-state index contributed by atoms with van der Waals surface area (Å²) >= 11 is 0. The highest BCUT2D eigenvalue weighted by Crippen LogP contribution is 2.12. The number of nitrogens with one attached hydrogen (secondary N) is 1. The summed E-state index contributed by atoms with van der Waals surface area (Å²) in [6.45, 7) is 7.52. The van der Waals surface area contributed by atoms with Crippen molar-refractivity contribution in [2.45, 2.75) is 32.5 Å². The van der Waals surface area contributed by atoms with Crippen LogP contribution in [0.25, 0.3) is 0 Å². The minimum atomic E-state index is 0.566. The standard InChI is InChI=1S/C11H18N4/c1-9-6-12-7-10(2)15(9)8-11-4-3-5-13-14-11/h3-5,9-10,12H,6-8H2,1-2H3/t9-,10+. The van der Waals surface area contributed by atoms with Crippen LogP contribution in [0.5, 0.6) is 0 Å². The van der Waals surface area contributed by atoms with Crippen LogP contribution in [0.2, 0.25) is 0 Å². The normalized spacial score (nSPS) is 27.9. The molecule has 15 heavy (non-hydrogen) atoms. The van der Waals surface area contributed by atoms with Crippen LogP contribution >= 0.6 is 0 Å². The van der Waals surface area contributed by atoms with Crippen molar-refractivity contribution in [1.82, 2.24) is 20.4 Å². The first-order chi connectivity index (χ1) is 7.27. The van der Waals surface area contributed by atoms with Crippen LogP contribution in [0.1, 0.15) is 19.5 Å². The third kappa shape index (κ3) is 2.52. The van der Waals surface area contributed by atoms with Gasteiger partial charge in [0, 0.05) is 37.9 Å². The Kier molecular flexibility index (Phi) is 3.28. The molecule has 2 atom stereocenters. The maximum atomic E-state index is 4.13. The summed E-state index contributed by atoms with van der Waals surface area (Å²) in [5.41, 5.74) is 1.05. The van der Waals surface area contributed by atoms with E-state index in [1.165, 1.54) is 0 Å². The molecule has 0 aliphatic carbocycles. The molecule has 0 aromatic carbocycles. The lowest BCUT2D eigenvalue weighted by Crippen LogP contribution is -2.54. The molecule has 0 radical (unpaired) electrons. The van der Waals surface area contributed by atoms with Gasteiger partial charge in [-0.3, -0.25) is 4.90 Å². The van der Waals surface area contributed by atoms with E-state index in [4.69, 9.17) is 0 Å². The van der Waals surface area contributed by atoms with E-state index in [9.17, 15) is 0 Å². The van der Waals surface area contributed by atoms with Crippen LogP contribution in [-0.4, -0.2) is 40.3 Å². The molecule has 1 saturated heterocycles. The second-order valence-electron chi connectivity index (χ2n) is 4.24. The number of piperazine rings is 1. The molecule has 1 aliphatic heterocycles. The molecule has 1 N–H and O–H groups in total. The van der Waals surface area contributed by atoms with Gasteiger partial charge in [0.05, 0.1) is 5.69 Å². The molecule has 1 aromatic heterocycles. The molecule has 0 saturated carbocycles. The van der Waals surface area contributed by atoms with Gasteiger partial charge in [-0.15, -0.1) is 0 Å². The second kappa shape index (κ2) is 4.68. The Morgan fingerprint density at radius 2 is 2.13 bits per heavy atom. The zero-order valence-electron chi connectivity index (χ0n) is 9.35. The van der Waals surface area contributed by atoms with Crippen molar-refractivity contribution < 1.29 is 0 Å². The topological polar surface area (TPSA) is 41.0 Å². The van der Waals surface area contributed by atoms with Gasteiger partial charge in [-0.25, -0.2) is 0 Å². The first-order valence-electron chi connectivity index (χ1n) is 5.50. The van der Waals surface area contributed by atoms with E-state index in [1.807, 2.05) is 12.1 Å². The number of rotatable bonds is 2. The van der Waals surface area contributed by atoms with E-state index in [0.29, 0.717) is 12.1 Å². The molecular weight excluding hydrogens is 188 g/mol. The lowest BCUT2D eigenvalue weighted by Gasteiger charge is -2.39. The highest BCUT2D eigenvalue weighted by Gasteiger charge is 2.24. The van der Waals surface area contributed by atoms with Crippen molar-refractivity contribution in [2.75, 3.05) is 13.1 Å². The van der Waals surface area contributed by atoms with Crippen molar-refractivity contribution in [2.24, 2.45) is 0 Å². The lowest BCUT2D eigenvalue weighted by atomic mass is 10.1. The SMILES string of the molecule is C[C@@H]1CNC[C@H](C)N1Cc1cccnn1. The Bertz CT molecular complexity index is 291. The first-order valence-corrected chi connectivity index (χ1v) is 5.50. The Hall–Kier alpha value is -1.00. The van der Waals surface area contributed by atoms with Gasteiger partial charge in [-0.1, -0.05) is 0 Å². The minimum absolute atomic E-state index is 0.566. The second-order valence-corrected chi connectivity index (χ2v) is 4.24. The highest BCUT2D eigenvalue weighted by atomic mass is 15.3. The summed E-state index contributed by atoms with van der Waals surface area (Å²) in [6.07, 6.45) is 1.72. The van der Waals surface area contributed by atoms with E-state index in [2.05, 4.69) is 34.3 Å². The fourth-order valence-electron chi connectivity index (χ4n) is 2.09. The predicted octanol–water partition coefficient (Wildman–Crippen LogP) is 0.659. The Morgan fingerprint density at radius 1 is 1.40 bits per heavy atom. The van der Waals surface area contributed by atoms with E-state index in [0.717, 1.165) is 25.3 Å². The molecule has 2 heterocycles. The molecule has 0 amide bonds. The smallest absolute Gasteiger partial charge is 0.0771 e. The van der Waals surface area contributed by atoms with Gasteiger partial charge in [-0.2, -0.15) is 10.2 Å². The minimum Gasteiger partial charge on any atom is -0.314 e. The average Bonchev–Trinajstić information content (AvgIpc) is 2.25. The molecule has 4 heteroatoms. The molecule has 0 spiro atoms. The zero-order valence-corrected chi connectivity index (χ0v) is 9.35. The fourth-order valence-corrected chi connectivity index (χ4v) is 2.09. The van der Waals surface area contributed by atoms with Gasteiger partial charge in [0.15, 0.2) is 0 Å².